The van der Waals surface area contributed by atoms with Gasteiger partial charge in [-0.3, -0.25) is 14.9 Å². The number of benzene rings is 4. The zero-order valence-corrected chi connectivity index (χ0v) is 23.9. The van der Waals surface area contributed by atoms with E-state index in [-0.39, 0.29) is 5.57 Å². The molecule has 1 aliphatic rings. The average molecular weight is 599 g/mol. The van der Waals surface area contributed by atoms with Crippen LogP contribution in [0.4, 0.5) is 10.5 Å². The fourth-order valence-corrected chi connectivity index (χ4v) is 5.10. The maximum atomic E-state index is 13.4. The highest BCUT2D eigenvalue weighted by Crippen LogP contribution is 2.36. The van der Waals surface area contributed by atoms with Crippen molar-refractivity contribution in [3.05, 3.63) is 105 Å². The Hall–Kier alpha value is -4.43. The molecule has 5 rings (SSSR count). The summed E-state index contributed by atoms with van der Waals surface area (Å²) in [5, 5.41) is 4.56. The van der Waals surface area contributed by atoms with Gasteiger partial charge in [0.25, 0.3) is 11.8 Å². The second kappa shape index (κ2) is 11.4. The topological polar surface area (TPSA) is 84.9 Å². The maximum absolute atomic E-state index is 13.4. The molecule has 0 aliphatic carbocycles. The van der Waals surface area contributed by atoms with Gasteiger partial charge in [0.15, 0.2) is 11.5 Å². The van der Waals surface area contributed by atoms with Crippen LogP contribution < -0.4 is 19.7 Å². The molecule has 202 valence electrons. The van der Waals surface area contributed by atoms with Gasteiger partial charge in [-0.15, -0.1) is 0 Å². The van der Waals surface area contributed by atoms with Crippen molar-refractivity contribution >= 4 is 56.3 Å². The SMILES string of the molecule is CCOc1cc(/C=C2\C(=O)NC(=O)N(c3cc(C)cc(C)c3)C2=O)c(Br)cc1OCc1ccc2ccccc2c1. The first-order valence-electron chi connectivity index (χ1n) is 12.8. The van der Waals surface area contributed by atoms with Gasteiger partial charge in [0.2, 0.25) is 0 Å². The van der Waals surface area contributed by atoms with E-state index in [1.807, 2.05) is 45.0 Å². The second-order valence-corrected chi connectivity index (χ2v) is 10.4. The quantitative estimate of drug-likeness (QED) is 0.185. The van der Waals surface area contributed by atoms with Crippen LogP contribution in [0.3, 0.4) is 0 Å². The molecule has 0 unspecified atom stereocenters. The van der Waals surface area contributed by atoms with Crippen LogP contribution in [0.2, 0.25) is 0 Å². The lowest BCUT2D eigenvalue weighted by molar-refractivity contribution is -0.122. The summed E-state index contributed by atoms with van der Waals surface area (Å²) >= 11 is 3.55. The second-order valence-electron chi connectivity index (χ2n) is 9.53. The van der Waals surface area contributed by atoms with Crippen LogP contribution >= 0.6 is 15.9 Å². The van der Waals surface area contributed by atoms with E-state index >= 15 is 0 Å². The molecule has 1 fully saturated rings. The number of barbiturate groups is 1. The molecule has 1 heterocycles. The first-order chi connectivity index (χ1) is 19.2. The molecule has 1 aliphatic heterocycles. The number of hydrogen-bond donors (Lipinski definition) is 1. The van der Waals surface area contributed by atoms with Crippen molar-refractivity contribution in [3.63, 3.8) is 0 Å². The average Bonchev–Trinajstić information content (AvgIpc) is 2.91. The summed E-state index contributed by atoms with van der Waals surface area (Å²) in [6.07, 6.45) is 1.44. The number of halogens is 1. The van der Waals surface area contributed by atoms with E-state index in [9.17, 15) is 14.4 Å². The Labute approximate surface area is 240 Å². The van der Waals surface area contributed by atoms with Gasteiger partial charge >= 0.3 is 6.03 Å². The van der Waals surface area contributed by atoms with Crippen LogP contribution in [-0.2, 0) is 16.2 Å². The van der Waals surface area contributed by atoms with E-state index in [0.717, 1.165) is 32.4 Å². The van der Waals surface area contributed by atoms with Crippen LogP contribution in [0.15, 0.2) is 82.8 Å². The van der Waals surface area contributed by atoms with Gasteiger partial charge in [-0.05, 0) is 90.2 Å². The van der Waals surface area contributed by atoms with Crippen LogP contribution in [0.5, 0.6) is 11.5 Å². The molecule has 8 heteroatoms. The molecule has 4 amide bonds. The van der Waals surface area contributed by atoms with Crippen LogP contribution in [0, 0.1) is 13.8 Å². The number of imide groups is 2. The first-order valence-corrected chi connectivity index (χ1v) is 13.6. The summed E-state index contributed by atoms with van der Waals surface area (Å²) in [7, 11) is 0. The number of carbonyl (C=O) groups is 3. The standard InChI is InChI=1S/C32H27BrN2O5/c1-4-39-28-16-24(27(33)17-29(28)40-18-21-9-10-22-7-5-6-8-23(22)14-21)15-26-30(36)34-32(38)35(31(26)37)25-12-19(2)11-20(3)13-25/h5-17H,4,18H2,1-3H3,(H,34,36,38)/b26-15+. The number of anilines is 1. The number of urea groups is 1. The van der Waals surface area contributed by atoms with Crippen LogP contribution in [-0.4, -0.2) is 24.5 Å². The normalized spacial score (nSPS) is 14.6. The number of nitrogens with zero attached hydrogens (tertiary/aromatic N) is 1. The molecule has 0 radical (unpaired) electrons. The third-order valence-corrected chi connectivity index (χ3v) is 7.12. The number of carbonyl (C=O) groups excluding carboxylic acids is 3. The molecule has 0 bridgehead atoms. The highest BCUT2D eigenvalue weighted by molar-refractivity contribution is 9.10. The number of ether oxygens (including phenoxy) is 2. The summed E-state index contributed by atoms with van der Waals surface area (Å²) in [5.41, 5.74) is 3.53. The van der Waals surface area contributed by atoms with Gasteiger partial charge in [-0.2, -0.15) is 0 Å². The molecule has 1 N–H and O–H groups in total. The van der Waals surface area contributed by atoms with E-state index in [1.54, 1.807) is 24.3 Å². The number of hydrogen-bond acceptors (Lipinski definition) is 5. The largest absolute Gasteiger partial charge is 0.490 e. The van der Waals surface area contributed by atoms with E-state index in [1.165, 1.54) is 6.08 Å². The van der Waals surface area contributed by atoms with E-state index in [4.69, 9.17) is 9.47 Å². The fourth-order valence-electron chi connectivity index (χ4n) is 4.66. The lowest BCUT2D eigenvalue weighted by atomic mass is 10.0. The Bertz CT molecular complexity index is 1670. The van der Waals surface area contributed by atoms with Crippen LogP contribution in [0.1, 0.15) is 29.2 Å². The Balaban J connectivity index is 1.45. The molecular formula is C32H27BrN2O5. The lowest BCUT2D eigenvalue weighted by Crippen LogP contribution is -2.54. The summed E-state index contributed by atoms with van der Waals surface area (Å²) in [4.78, 5) is 39.8. The predicted molar refractivity (Wildman–Crippen MR) is 159 cm³/mol. The minimum absolute atomic E-state index is 0.174. The molecule has 40 heavy (non-hydrogen) atoms. The van der Waals surface area contributed by atoms with Gasteiger partial charge < -0.3 is 9.47 Å². The van der Waals surface area contributed by atoms with Crippen molar-refractivity contribution < 1.29 is 23.9 Å². The molecule has 0 aromatic heterocycles. The lowest BCUT2D eigenvalue weighted by Gasteiger charge is -2.27. The summed E-state index contributed by atoms with van der Waals surface area (Å²) in [6, 6.07) is 22.3. The van der Waals surface area contributed by atoms with Crippen molar-refractivity contribution in [2.24, 2.45) is 0 Å². The maximum Gasteiger partial charge on any atom is 0.335 e. The third-order valence-electron chi connectivity index (χ3n) is 6.44. The van der Waals surface area contributed by atoms with E-state index in [0.29, 0.717) is 40.4 Å². The Morgan fingerprint density at radius 3 is 2.27 bits per heavy atom. The molecule has 7 nitrogen and oxygen atoms in total. The summed E-state index contributed by atoms with van der Waals surface area (Å²) < 4.78 is 12.6. The van der Waals surface area contributed by atoms with Gasteiger partial charge in [-0.25, -0.2) is 9.69 Å². The Morgan fingerprint density at radius 2 is 1.55 bits per heavy atom. The highest BCUT2D eigenvalue weighted by Gasteiger charge is 2.37. The first kappa shape index (κ1) is 27.1. The van der Waals surface area contributed by atoms with Gasteiger partial charge in [0.1, 0.15) is 12.2 Å². The molecule has 1 saturated heterocycles. The monoisotopic (exact) mass is 598 g/mol. The number of fused-ring (bicyclic) bond motifs is 1. The van der Waals surface area contributed by atoms with Crippen molar-refractivity contribution in [1.82, 2.24) is 5.32 Å². The number of rotatable bonds is 7. The highest BCUT2D eigenvalue weighted by atomic mass is 79.9. The summed E-state index contributed by atoms with van der Waals surface area (Å²) in [6.45, 7) is 6.32. The molecule has 4 aromatic rings. The van der Waals surface area contributed by atoms with E-state index < -0.39 is 17.8 Å². The molecule has 0 spiro atoms. The van der Waals surface area contributed by atoms with Crippen molar-refractivity contribution in [2.45, 2.75) is 27.4 Å². The number of nitrogens with one attached hydrogen (secondary N) is 1. The third kappa shape index (κ3) is 5.62. The molecule has 0 atom stereocenters. The minimum Gasteiger partial charge on any atom is -0.490 e. The Morgan fingerprint density at radius 1 is 0.850 bits per heavy atom. The van der Waals surface area contributed by atoms with Gasteiger partial charge in [0, 0.05) is 4.47 Å². The summed E-state index contributed by atoms with van der Waals surface area (Å²) in [5.74, 6) is -0.503. The van der Waals surface area contributed by atoms with E-state index in [2.05, 4.69) is 45.5 Å². The number of amides is 4. The predicted octanol–water partition coefficient (Wildman–Crippen LogP) is 6.86. The van der Waals surface area contributed by atoms with Gasteiger partial charge in [0.05, 0.1) is 12.3 Å². The zero-order chi connectivity index (χ0) is 28.4. The molecular weight excluding hydrogens is 572 g/mol. The number of aryl methyl sites for hydroxylation is 2. The van der Waals surface area contributed by atoms with Crippen LogP contribution in [0.25, 0.3) is 16.8 Å². The van der Waals surface area contributed by atoms with Crippen molar-refractivity contribution in [1.29, 1.82) is 0 Å². The Kier molecular flexibility index (Phi) is 7.71. The van der Waals surface area contributed by atoms with Crippen molar-refractivity contribution in [3.8, 4) is 11.5 Å². The fraction of sp³-hybridized carbons (Fsp3) is 0.156. The van der Waals surface area contributed by atoms with Crippen molar-refractivity contribution in [2.75, 3.05) is 11.5 Å². The molecule has 4 aromatic carbocycles. The molecule has 0 saturated carbocycles. The smallest absolute Gasteiger partial charge is 0.335 e. The minimum atomic E-state index is -0.788. The van der Waals surface area contributed by atoms with Gasteiger partial charge in [-0.1, -0.05) is 58.4 Å². The zero-order valence-electron chi connectivity index (χ0n) is 22.3.